The van der Waals surface area contributed by atoms with Gasteiger partial charge in [-0.1, -0.05) is 237 Å². The summed E-state index contributed by atoms with van der Waals surface area (Å²) in [6.45, 7) is 0. The first kappa shape index (κ1) is 41.3. The molecule has 0 spiro atoms. The van der Waals surface area contributed by atoms with Gasteiger partial charge >= 0.3 is 0 Å². The van der Waals surface area contributed by atoms with E-state index in [9.17, 15) is 0 Å². The minimum Gasteiger partial charge on any atom is -0.453 e. The van der Waals surface area contributed by atoms with E-state index >= 15 is 0 Å². The Kier molecular flexibility index (Phi) is 10.9. The molecule has 12 aromatic rings. The Morgan fingerprint density at radius 2 is 0.536 bits per heavy atom. The molecule has 3 heteroatoms. The van der Waals surface area contributed by atoms with Crippen molar-refractivity contribution in [1.82, 2.24) is 0 Å². The molecule has 0 N–H and O–H groups in total. The Morgan fingerprint density at radius 1 is 0.203 bits per heavy atom. The summed E-state index contributed by atoms with van der Waals surface area (Å²) in [6, 6.07) is 99.6. The van der Waals surface area contributed by atoms with E-state index in [1.54, 1.807) is 0 Å². The standard InChI is InChI=1S/C66H46N2O/c1-5-23-47(24-6-1)48-43-45-52(46-44-48)67(64-42-22-37-59-58-36-21-35-55(65(58)69-66(59)64)51-29-11-4-12-30-51)62-40-19-15-33-56(62)57-34-16-20-41-63(57)68(60-38-17-13-31-53(60)49-25-7-2-8-26-49)61-39-18-14-32-54(61)50-27-9-3-10-28-50/h1-46H. The Morgan fingerprint density at radius 3 is 1.04 bits per heavy atom. The van der Waals surface area contributed by atoms with Gasteiger partial charge in [0.25, 0.3) is 0 Å². The molecule has 12 rings (SSSR count). The number of hydrogen-bond donors (Lipinski definition) is 0. The van der Waals surface area contributed by atoms with Crippen molar-refractivity contribution in [1.29, 1.82) is 0 Å². The number of rotatable bonds is 11. The molecule has 0 aliphatic carbocycles. The molecule has 0 fully saturated rings. The maximum atomic E-state index is 7.17. The van der Waals surface area contributed by atoms with Crippen LogP contribution in [0.4, 0.5) is 34.1 Å². The molecule has 326 valence electrons. The molecule has 0 saturated carbocycles. The van der Waals surface area contributed by atoms with E-state index in [0.717, 1.165) is 106 Å². The number of nitrogens with zero attached hydrogens (tertiary/aromatic N) is 2. The van der Waals surface area contributed by atoms with Crippen LogP contribution in [0.5, 0.6) is 0 Å². The van der Waals surface area contributed by atoms with E-state index in [0.29, 0.717) is 0 Å². The van der Waals surface area contributed by atoms with E-state index in [1.807, 2.05) is 0 Å². The van der Waals surface area contributed by atoms with Gasteiger partial charge in [-0.25, -0.2) is 0 Å². The molecule has 0 unspecified atom stereocenters. The quantitative estimate of drug-likeness (QED) is 0.129. The Hall–Kier alpha value is -9.18. The van der Waals surface area contributed by atoms with Crippen molar-refractivity contribution in [3.05, 3.63) is 279 Å². The van der Waals surface area contributed by atoms with Crippen LogP contribution in [0.1, 0.15) is 0 Å². The second-order valence-electron chi connectivity index (χ2n) is 17.2. The van der Waals surface area contributed by atoms with Crippen LogP contribution in [0.3, 0.4) is 0 Å². The van der Waals surface area contributed by atoms with Gasteiger partial charge in [-0.2, -0.15) is 0 Å². The third-order valence-corrected chi connectivity index (χ3v) is 13.1. The molecule has 69 heavy (non-hydrogen) atoms. The maximum Gasteiger partial charge on any atom is 0.159 e. The van der Waals surface area contributed by atoms with Crippen LogP contribution in [0.15, 0.2) is 283 Å². The number of anilines is 6. The first-order chi connectivity index (χ1) is 34.3. The minimum atomic E-state index is 0.821. The Bertz CT molecular complexity index is 3630. The van der Waals surface area contributed by atoms with Gasteiger partial charge < -0.3 is 14.2 Å². The van der Waals surface area contributed by atoms with E-state index < -0.39 is 0 Å². The summed E-state index contributed by atoms with van der Waals surface area (Å²) in [5, 5.41) is 2.14. The smallest absolute Gasteiger partial charge is 0.159 e. The van der Waals surface area contributed by atoms with Crippen LogP contribution in [0.25, 0.3) is 77.6 Å². The highest BCUT2D eigenvalue weighted by Crippen LogP contribution is 2.51. The summed E-state index contributed by atoms with van der Waals surface area (Å²) in [5.41, 5.74) is 19.1. The molecule has 1 heterocycles. The monoisotopic (exact) mass is 882 g/mol. The molecule has 0 amide bonds. The normalized spacial score (nSPS) is 11.2. The molecule has 0 saturated heterocycles. The predicted molar refractivity (Wildman–Crippen MR) is 290 cm³/mol. The lowest BCUT2D eigenvalue weighted by atomic mass is 9.95. The molecule has 1 aromatic heterocycles. The summed E-state index contributed by atoms with van der Waals surface area (Å²) in [5.74, 6) is 0. The van der Waals surface area contributed by atoms with Crippen LogP contribution in [-0.4, -0.2) is 0 Å². The van der Waals surface area contributed by atoms with Crippen molar-refractivity contribution in [2.75, 3.05) is 9.80 Å². The second kappa shape index (κ2) is 18.2. The lowest BCUT2D eigenvalue weighted by Gasteiger charge is -2.33. The first-order valence-electron chi connectivity index (χ1n) is 23.5. The van der Waals surface area contributed by atoms with Crippen LogP contribution in [0.2, 0.25) is 0 Å². The van der Waals surface area contributed by atoms with E-state index in [-0.39, 0.29) is 0 Å². The van der Waals surface area contributed by atoms with Gasteiger partial charge in [0, 0.05) is 44.3 Å². The van der Waals surface area contributed by atoms with Gasteiger partial charge in [0.2, 0.25) is 0 Å². The molecule has 0 radical (unpaired) electrons. The molecular formula is C66H46N2O. The number of fused-ring (bicyclic) bond motifs is 3. The molecule has 0 aliphatic heterocycles. The van der Waals surface area contributed by atoms with Gasteiger partial charge in [-0.05, 0) is 70.3 Å². The van der Waals surface area contributed by atoms with Crippen molar-refractivity contribution < 1.29 is 4.42 Å². The average molecular weight is 883 g/mol. The maximum absolute atomic E-state index is 7.17. The van der Waals surface area contributed by atoms with Crippen molar-refractivity contribution >= 4 is 56.1 Å². The first-order valence-corrected chi connectivity index (χ1v) is 23.5. The Balaban J connectivity index is 1.11. The highest BCUT2D eigenvalue weighted by molar-refractivity contribution is 6.14. The number of hydrogen-bond acceptors (Lipinski definition) is 3. The largest absolute Gasteiger partial charge is 0.453 e. The molecule has 0 aliphatic rings. The van der Waals surface area contributed by atoms with E-state index in [4.69, 9.17) is 4.42 Å². The van der Waals surface area contributed by atoms with Crippen LogP contribution < -0.4 is 9.80 Å². The molecule has 0 atom stereocenters. The van der Waals surface area contributed by atoms with Crippen molar-refractivity contribution in [2.45, 2.75) is 0 Å². The van der Waals surface area contributed by atoms with E-state index in [1.165, 1.54) is 5.56 Å². The zero-order valence-corrected chi connectivity index (χ0v) is 37.9. The number of furan rings is 1. The zero-order chi connectivity index (χ0) is 45.9. The fraction of sp³-hybridized carbons (Fsp3) is 0. The Labute approximate surface area is 403 Å². The summed E-state index contributed by atoms with van der Waals surface area (Å²) >= 11 is 0. The van der Waals surface area contributed by atoms with Gasteiger partial charge in [0.05, 0.1) is 28.4 Å². The van der Waals surface area contributed by atoms with Crippen molar-refractivity contribution in [2.24, 2.45) is 0 Å². The third-order valence-electron chi connectivity index (χ3n) is 13.1. The summed E-state index contributed by atoms with van der Waals surface area (Å²) in [7, 11) is 0. The van der Waals surface area contributed by atoms with Crippen LogP contribution in [0, 0.1) is 0 Å². The fourth-order valence-corrected chi connectivity index (χ4v) is 9.91. The second-order valence-corrected chi connectivity index (χ2v) is 17.2. The molecular weight excluding hydrogens is 837 g/mol. The average Bonchev–Trinajstić information content (AvgIpc) is 3.83. The summed E-state index contributed by atoms with van der Waals surface area (Å²) in [6.07, 6.45) is 0. The molecule has 11 aromatic carbocycles. The van der Waals surface area contributed by atoms with Crippen molar-refractivity contribution in [3.63, 3.8) is 0 Å². The van der Waals surface area contributed by atoms with Gasteiger partial charge in [0.15, 0.2) is 5.58 Å². The van der Waals surface area contributed by atoms with Gasteiger partial charge in [-0.3, -0.25) is 0 Å². The highest BCUT2D eigenvalue weighted by Gasteiger charge is 2.27. The van der Waals surface area contributed by atoms with Crippen molar-refractivity contribution in [3.8, 4) is 55.6 Å². The third kappa shape index (κ3) is 7.72. The minimum absolute atomic E-state index is 0.821. The predicted octanol–water partition coefficient (Wildman–Crippen LogP) is 18.9. The number of para-hydroxylation sites is 6. The zero-order valence-electron chi connectivity index (χ0n) is 37.9. The molecule has 0 bridgehead atoms. The SMILES string of the molecule is c1ccc(-c2ccc(N(c3ccccc3-c3ccccc3N(c3ccccc3-c3ccccc3)c3ccccc3-c3ccccc3)c3cccc4c3oc3c(-c5ccccc5)cccc34)cc2)cc1. The van der Waals surface area contributed by atoms with E-state index in [2.05, 4.69) is 289 Å². The lowest BCUT2D eigenvalue weighted by Crippen LogP contribution is -2.15. The van der Waals surface area contributed by atoms with Gasteiger partial charge in [0.1, 0.15) is 5.58 Å². The fourth-order valence-electron chi connectivity index (χ4n) is 9.91. The van der Waals surface area contributed by atoms with Crippen LogP contribution >= 0.6 is 0 Å². The molecule has 3 nitrogen and oxygen atoms in total. The summed E-state index contributed by atoms with van der Waals surface area (Å²) in [4.78, 5) is 4.84. The van der Waals surface area contributed by atoms with Gasteiger partial charge in [-0.15, -0.1) is 0 Å². The lowest BCUT2D eigenvalue weighted by molar-refractivity contribution is 0.670. The van der Waals surface area contributed by atoms with Crippen LogP contribution in [-0.2, 0) is 0 Å². The highest BCUT2D eigenvalue weighted by atomic mass is 16.3. The topological polar surface area (TPSA) is 19.6 Å². The number of benzene rings is 11. The summed E-state index contributed by atoms with van der Waals surface area (Å²) < 4.78 is 7.17.